The number of amides is 1. The summed E-state index contributed by atoms with van der Waals surface area (Å²) in [5.74, 6) is 0.380. The van der Waals surface area contributed by atoms with E-state index in [1.165, 1.54) is 0 Å². The van der Waals surface area contributed by atoms with Gasteiger partial charge in [-0.05, 0) is 42.2 Å². The standard InChI is InChI=1S/C19H22ClNO2/c1-13(23-15-9-7-8-14(20)12-15)18(22)21-17-11-6-5-10-16(17)19(2,3)4/h5-13H,1-4H3,(H,21,22). The first kappa shape index (κ1) is 17.4. The van der Waals surface area contributed by atoms with E-state index in [2.05, 4.69) is 26.1 Å². The van der Waals surface area contributed by atoms with Crippen molar-refractivity contribution in [3.8, 4) is 5.75 Å². The molecule has 0 aliphatic rings. The van der Waals surface area contributed by atoms with Crippen LogP contribution in [0.5, 0.6) is 5.75 Å². The van der Waals surface area contributed by atoms with Crippen LogP contribution in [0.1, 0.15) is 33.3 Å². The number of rotatable bonds is 4. The van der Waals surface area contributed by atoms with Crippen molar-refractivity contribution in [3.63, 3.8) is 0 Å². The van der Waals surface area contributed by atoms with Gasteiger partial charge in [0.05, 0.1) is 0 Å². The van der Waals surface area contributed by atoms with Crippen molar-refractivity contribution < 1.29 is 9.53 Å². The zero-order valence-corrected chi connectivity index (χ0v) is 14.6. The van der Waals surface area contributed by atoms with E-state index in [-0.39, 0.29) is 11.3 Å². The molecule has 2 rings (SSSR count). The van der Waals surface area contributed by atoms with Crippen LogP contribution in [0.25, 0.3) is 0 Å². The Bertz CT molecular complexity index is 692. The van der Waals surface area contributed by atoms with Crippen LogP contribution >= 0.6 is 11.6 Å². The van der Waals surface area contributed by atoms with E-state index in [4.69, 9.17) is 16.3 Å². The average molecular weight is 332 g/mol. The third kappa shape index (κ3) is 4.73. The molecule has 0 fully saturated rings. The van der Waals surface area contributed by atoms with Crippen LogP contribution in [-0.4, -0.2) is 12.0 Å². The molecule has 122 valence electrons. The van der Waals surface area contributed by atoms with E-state index >= 15 is 0 Å². The van der Waals surface area contributed by atoms with Gasteiger partial charge in [-0.3, -0.25) is 4.79 Å². The number of benzene rings is 2. The SMILES string of the molecule is CC(Oc1cccc(Cl)c1)C(=O)Nc1ccccc1C(C)(C)C. The third-order valence-electron chi connectivity index (χ3n) is 3.47. The molecular formula is C19H22ClNO2. The number of hydrogen-bond donors (Lipinski definition) is 1. The molecule has 0 aliphatic carbocycles. The molecular weight excluding hydrogens is 310 g/mol. The molecule has 0 heterocycles. The van der Waals surface area contributed by atoms with Crippen molar-refractivity contribution in [3.05, 3.63) is 59.1 Å². The number of para-hydroxylation sites is 1. The van der Waals surface area contributed by atoms with Gasteiger partial charge in [-0.2, -0.15) is 0 Å². The van der Waals surface area contributed by atoms with Gasteiger partial charge in [-0.25, -0.2) is 0 Å². The Morgan fingerprint density at radius 1 is 1.13 bits per heavy atom. The first-order chi connectivity index (χ1) is 10.8. The molecule has 0 radical (unpaired) electrons. The maximum atomic E-state index is 12.4. The Kier molecular flexibility index (Phi) is 5.32. The number of anilines is 1. The van der Waals surface area contributed by atoms with Crippen LogP contribution in [0, 0.1) is 0 Å². The highest BCUT2D eigenvalue weighted by Crippen LogP contribution is 2.29. The van der Waals surface area contributed by atoms with Crippen LogP contribution in [-0.2, 0) is 10.2 Å². The van der Waals surface area contributed by atoms with Crippen molar-refractivity contribution in [1.82, 2.24) is 0 Å². The predicted octanol–water partition coefficient (Wildman–Crippen LogP) is 5.04. The molecule has 3 nitrogen and oxygen atoms in total. The van der Waals surface area contributed by atoms with Crippen LogP contribution in [0.2, 0.25) is 5.02 Å². The monoisotopic (exact) mass is 331 g/mol. The Balaban J connectivity index is 2.10. The van der Waals surface area contributed by atoms with Crippen LogP contribution in [0.3, 0.4) is 0 Å². The van der Waals surface area contributed by atoms with Gasteiger partial charge in [0.15, 0.2) is 6.10 Å². The quantitative estimate of drug-likeness (QED) is 0.852. The summed E-state index contributed by atoms with van der Waals surface area (Å²) in [7, 11) is 0. The molecule has 0 saturated heterocycles. The van der Waals surface area contributed by atoms with Crippen LogP contribution in [0.15, 0.2) is 48.5 Å². The summed E-state index contributed by atoms with van der Waals surface area (Å²) in [4.78, 5) is 12.4. The fraction of sp³-hybridized carbons (Fsp3) is 0.316. The van der Waals surface area contributed by atoms with Gasteiger partial charge in [-0.15, -0.1) is 0 Å². The van der Waals surface area contributed by atoms with E-state index in [1.54, 1.807) is 31.2 Å². The molecule has 1 unspecified atom stereocenters. The number of carbonyl (C=O) groups excluding carboxylic acids is 1. The predicted molar refractivity (Wildman–Crippen MR) is 95.3 cm³/mol. The Hall–Kier alpha value is -2.00. The molecule has 0 bridgehead atoms. The van der Waals surface area contributed by atoms with Gasteiger partial charge < -0.3 is 10.1 Å². The summed E-state index contributed by atoms with van der Waals surface area (Å²) in [6.07, 6.45) is -0.624. The highest BCUT2D eigenvalue weighted by Gasteiger charge is 2.21. The number of hydrogen-bond acceptors (Lipinski definition) is 2. The number of carbonyl (C=O) groups is 1. The molecule has 0 saturated carbocycles. The normalized spacial score (nSPS) is 12.6. The molecule has 1 amide bonds. The molecule has 1 N–H and O–H groups in total. The van der Waals surface area contributed by atoms with E-state index in [0.717, 1.165) is 11.3 Å². The van der Waals surface area contributed by atoms with Gasteiger partial charge in [0.2, 0.25) is 0 Å². The molecule has 0 aromatic heterocycles. The molecule has 2 aromatic carbocycles. The van der Waals surface area contributed by atoms with E-state index in [1.807, 2.05) is 24.3 Å². The fourth-order valence-electron chi connectivity index (χ4n) is 2.28. The Morgan fingerprint density at radius 3 is 2.48 bits per heavy atom. The summed E-state index contributed by atoms with van der Waals surface area (Å²) in [6, 6.07) is 14.8. The summed E-state index contributed by atoms with van der Waals surface area (Å²) in [6.45, 7) is 8.06. The molecule has 0 aliphatic heterocycles. The lowest BCUT2D eigenvalue weighted by atomic mass is 9.86. The summed E-state index contributed by atoms with van der Waals surface area (Å²) >= 11 is 5.93. The number of nitrogens with one attached hydrogen (secondary N) is 1. The number of halogens is 1. The zero-order valence-electron chi connectivity index (χ0n) is 13.9. The second-order valence-electron chi connectivity index (χ2n) is 6.50. The molecule has 1 atom stereocenters. The summed E-state index contributed by atoms with van der Waals surface area (Å²) < 4.78 is 5.66. The highest BCUT2D eigenvalue weighted by molar-refractivity contribution is 6.30. The summed E-state index contributed by atoms with van der Waals surface area (Å²) in [5, 5.41) is 3.53. The van der Waals surface area contributed by atoms with Crippen molar-refractivity contribution in [2.75, 3.05) is 5.32 Å². The minimum Gasteiger partial charge on any atom is -0.481 e. The topological polar surface area (TPSA) is 38.3 Å². The third-order valence-corrected chi connectivity index (χ3v) is 3.71. The molecule has 2 aromatic rings. The number of ether oxygens (including phenoxy) is 1. The van der Waals surface area contributed by atoms with E-state index in [0.29, 0.717) is 10.8 Å². The summed E-state index contributed by atoms with van der Waals surface area (Å²) in [5.41, 5.74) is 1.84. The van der Waals surface area contributed by atoms with Gasteiger partial charge >= 0.3 is 0 Å². The van der Waals surface area contributed by atoms with E-state index < -0.39 is 6.10 Å². The zero-order chi connectivity index (χ0) is 17.0. The van der Waals surface area contributed by atoms with E-state index in [9.17, 15) is 4.79 Å². The first-order valence-corrected chi connectivity index (χ1v) is 7.98. The van der Waals surface area contributed by atoms with Gasteiger partial charge in [0, 0.05) is 10.7 Å². The second-order valence-corrected chi connectivity index (χ2v) is 6.94. The molecule has 0 spiro atoms. The minimum absolute atomic E-state index is 0.0546. The lowest BCUT2D eigenvalue weighted by Crippen LogP contribution is -2.31. The largest absolute Gasteiger partial charge is 0.481 e. The van der Waals surface area contributed by atoms with Crippen LogP contribution in [0.4, 0.5) is 5.69 Å². The average Bonchev–Trinajstić information content (AvgIpc) is 2.46. The first-order valence-electron chi connectivity index (χ1n) is 7.60. The van der Waals surface area contributed by atoms with Crippen molar-refractivity contribution in [2.45, 2.75) is 39.2 Å². The van der Waals surface area contributed by atoms with Gasteiger partial charge in [0.25, 0.3) is 5.91 Å². The maximum Gasteiger partial charge on any atom is 0.265 e. The second kappa shape index (κ2) is 7.05. The molecule has 23 heavy (non-hydrogen) atoms. The smallest absolute Gasteiger partial charge is 0.265 e. The Labute approximate surface area is 142 Å². The lowest BCUT2D eigenvalue weighted by molar-refractivity contribution is -0.122. The molecule has 4 heteroatoms. The fourth-order valence-corrected chi connectivity index (χ4v) is 2.46. The van der Waals surface area contributed by atoms with Crippen molar-refractivity contribution in [2.24, 2.45) is 0 Å². The highest BCUT2D eigenvalue weighted by atomic mass is 35.5. The van der Waals surface area contributed by atoms with Crippen LogP contribution < -0.4 is 10.1 Å². The van der Waals surface area contributed by atoms with Crippen molar-refractivity contribution in [1.29, 1.82) is 0 Å². The lowest BCUT2D eigenvalue weighted by Gasteiger charge is -2.24. The Morgan fingerprint density at radius 2 is 1.83 bits per heavy atom. The van der Waals surface area contributed by atoms with Gasteiger partial charge in [-0.1, -0.05) is 56.6 Å². The minimum atomic E-state index is -0.624. The maximum absolute atomic E-state index is 12.4. The van der Waals surface area contributed by atoms with Crippen molar-refractivity contribution >= 4 is 23.2 Å². The van der Waals surface area contributed by atoms with Gasteiger partial charge in [0.1, 0.15) is 5.75 Å².